The topological polar surface area (TPSA) is 368 Å². The number of rotatable bonds is 30. The number of carboxylic acid groups (broad SMARTS) is 1. The van der Waals surface area contributed by atoms with Crippen LogP contribution in [0.15, 0.2) is 0 Å². The number of nitrogens with zero attached hydrogens (tertiary/aromatic N) is 8. The minimum absolute atomic E-state index is 0.0168. The van der Waals surface area contributed by atoms with Crippen LogP contribution in [0.3, 0.4) is 0 Å². The number of carbonyl (C=O) groups is 7. The van der Waals surface area contributed by atoms with Gasteiger partial charge in [-0.3, -0.25) is 38.5 Å². The molecule has 0 spiro atoms. The van der Waals surface area contributed by atoms with Crippen LogP contribution < -0.4 is 0 Å². The lowest BCUT2D eigenvalue weighted by molar-refractivity contribution is -0.149. The molecule has 63 heavy (non-hydrogen) atoms. The molecule has 0 fully saturated rings. The third kappa shape index (κ3) is 20.5. The van der Waals surface area contributed by atoms with Crippen LogP contribution in [0.1, 0.15) is 12.8 Å². The molecule has 366 valence electrons. The molecule has 26 nitrogen and oxygen atoms in total. The Bertz CT molecular complexity index is 1450. The molecule has 0 saturated heterocycles. The number of hydrogen-bond acceptors (Lipinski definition) is 19. The first-order valence-corrected chi connectivity index (χ1v) is 19.8. The molecule has 11 N–H and O–H groups in total. The van der Waals surface area contributed by atoms with Gasteiger partial charge in [0.1, 0.15) is 49.2 Å². The fourth-order valence-electron chi connectivity index (χ4n) is 5.86. The van der Waals surface area contributed by atoms with Crippen LogP contribution >= 0.6 is 0 Å². The number of carbonyl (C=O) groups excluding carboxylic acids is 6. The third-order valence-corrected chi connectivity index (χ3v) is 10.0. The van der Waals surface area contributed by atoms with Crippen molar-refractivity contribution in [2.75, 3.05) is 128 Å². The van der Waals surface area contributed by atoms with E-state index in [9.17, 15) is 84.6 Å². The lowest BCUT2D eigenvalue weighted by atomic mass is 10.0. The van der Waals surface area contributed by atoms with E-state index < -0.39 is 143 Å². The van der Waals surface area contributed by atoms with E-state index in [0.29, 0.717) is 0 Å². The van der Waals surface area contributed by atoms with Gasteiger partial charge in [0.05, 0.1) is 58.1 Å². The van der Waals surface area contributed by atoms with Crippen molar-refractivity contribution in [3.63, 3.8) is 0 Å². The zero-order valence-corrected chi connectivity index (χ0v) is 37.2. The van der Waals surface area contributed by atoms with Gasteiger partial charge in [-0.1, -0.05) is 0 Å². The highest BCUT2D eigenvalue weighted by Gasteiger charge is 2.36. The molecule has 1 unspecified atom stereocenters. The molecule has 0 aliphatic carbocycles. The van der Waals surface area contributed by atoms with E-state index in [1.54, 1.807) is 19.0 Å². The molecule has 6 amide bonds. The van der Waals surface area contributed by atoms with E-state index in [1.807, 2.05) is 0 Å². The number of aliphatic carboxylic acids is 1. The van der Waals surface area contributed by atoms with Gasteiger partial charge in [0, 0.05) is 55.4 Å². The highest BCUT2D eigenvalue weighted by Crippen LogP contribution is 2.15. The summed E-state index contributed by atoms with van der Waals surface area (Å²) in [6.45, 7) is -6.17. The standard InChI is InChI=1S/C37H70N8O18/c1-38(2)14-27(52)39(3)15-28(53)41(5)18-31(56)44(8)22(37(63)43(7)17-30(55)40(4)16-29(54)42(6)19-32(57)58)10-9-11-45(12-23(48)33(59)35(61)25(50)20-46)13-24(49)34(60)36(62)26(51)21-47/h22-26,33-36,46-51,59-62H,9-21H2,1-8H3,(H,57,58)/t22?,23-,24-,25+,26+,33+,34+,35+,36+/m0/s1. The maximum absolute atomic E-state index is 14.1. The summed E-state index contributed by atoms with van der Waals surface area (Å²) in [6.07, 6.45) is -16.1. The molecule has 0 aromatic heterocycles. The first kappa shape index (κ1) is 58.8. The van der Waals surface area contributed by atoms with Crippen molar-refractivity contribution >= 4 is 41.4 Å². The summed E-state index contributed by atoms with van der Waals surface area (Å²) in [5.74, 6) is -5.31. The second kappa shape index (κ2) is 28.6. The molecule has 0 aliphatic heterocycles. The lowest BCUT2D eigenvalue weighted by Gasteiger charge is -2.35. The van der Waals surface area contributed by atoms with Crippen LogP contribution in [0.2, 0.25) is 0 Å². The minimum atomic E-state index is -2.07. The first-order chi connectivity index (χ1) is 29.1. The van der Waals surface area contributed by atoms with Crippen molar-refractivity contribution in [1.82, 2.24) is 39.2 Å². The van der Waals surface area contributed by atoms with Crippen LogP contribution in [-0.4, -0.2) is 320 Å². The Labute approximate surface area is 366 Å². The van der Waals surface area contributed by atoms with E-state index in [4.69, 9.17) is 5.11 Å². The smallest absolute Gasteiger partial charge is 0.323 e. The normalized spacial score (nSPS) is 15.9. The fourth-order valence-corrected chi connectivity index (χ4v) is 5.86. The van der Waals surface area contributed by atoms with Gasteiger partial charge < -0.3 is 90.5 Å². The van der Waals surface area contributed by atoms with Gasteiger partial charge >= 0.3 is 5.97 Å². The molecule has 0 radical (unpaired) electrons. The Hall–Kier alpha value is -4.19. The fraction of sp³-hybridized carbons (Fsp3) is 0.811. The van der Waals surface area contributed by atoms with E-state index >= 15 is 0 Å². The molecule has 26 heteroatoms. The van der Waals surface area contributed by atoms with Crippen molar-refractivity contribution in [3.8, 4) is 0 Å². The monoisotopic (exact) mass is 914 g/mol. The predicted octanol–water partition coefficient (Wildman–Crippen LogP) is -9.29. The molecule has 0 aromatic carbocycles. The molecule has 0 aromatic rings. The van der Waals surface area contributed by atoms with Crippen molar-refractivity contribution < 1.29 is 89.7 Å². The van der Waals surface area contributed by atoms with Gasteiger partial charge in [-0.2, -0.15) is 0 Å². The maximum atomic E-state index is 14.1. The SMILES string of the molecule is CN(C)CC(=O)N(C)CC(=O)N(C)CC(=O)N(C)C(CCCN(C[C@H](O)[C@@H](O)[C@H](O)[C@H](O)CO)C[C@H](O)[C@@H](O)[C@H](O)[C@H](O)CO)C(=O)N(C)CC(=O)N(C)CC(=O)N(C)CC(=O)O. The highest BCUT2D eigenvalue weighted by atomic mass is 16.4. The van der Waals surface area contributed by atoms with Crippen LogP contribution in [0.5, 0.6) is 0 Å². The van der Waals surface area contributed by atoms with Gasteiger partial charge in [-0.25, -0.2) is 0 Å². The molecule has 9 atom stereocenters. The Kier molecular flexibility index (Phi) is 26.7. The number of hydrogen-bond donors (Lipinski definition) is 11. The predicted molar refractivity (Wildman–Crippen MR) is 219 cm³/mol. The Balaban J connectivity index is 6.55. The summed E-state index contributed by atoms with van der Waals surface area (Å²) in [5.41, 5.74) is 0. The van der Waals surface area contributed by atoms with Crippen LogP contribution in [-0.2, 0) is 33.6 Å². The van der Waals surface area contributed by atoms with Crippen molar-refractivity contribution in [3.05, 3.63) is 0 Å². The number of aliphatic hydroxyl groups is 10. The Morgan fingerprint density at radius 3 is 1.14 bits per heavy atom. The number of carboxylic acids is 1. The van der Waals surface area contributed by atoms with E-state index in [0.717, 1.165) is 24.5 Å². The van der Waals surface area contributed by atoms with E-state index in [2.05, 4.69) is 0 Å². The lowest BCUT2D eigenvalue weighted by Crippen LogP contribution is -2.54. The first-order valence-electron chi connectivity index (χ1n) is 19.8. The van der Waals surface area contributed by atoms with Crippen LogP contribution in [0.25, 0.3) is 0 Å². The second-order valence-electron chi connectivity index (χ2n) is 15.8. The zero-order chi connectivity index (χ0) is 49.0. The summed E-state index contributed by atoms with van der Waals surface area (Å²) in [6, 6.07) is -1.40. The largest absolute Gasteiger partial charge is 0.480 e. The van der Waals surface area contributed by atoms with Gasteiger partial charge in [0.25, 0.3) is 0 Å². The van der Waals surface area contributed by atoms with Crippen molar-refractivity contribution in [2.45, 2.75) is 67.7 Å². The number of likely N-dealkylation sites (N-methyl/N-ethyl adjacent to an activating group) is 7. The average molecular weight is 915 g/mol. The van der Waals surface area contributed by atoms with Crippen molar-refractivity contribution in [2.24, 2.45) is 0 Å². The summed E-state index contributed by atoms with van der Waals surface area (Å²) < 4.78 is 0. The van der Waals surface area contributed by atoms with Gasteiger partial charge in [0.15, 0.2) is 0 Å². The van der Waals surface area contributed by atoms with E-state index in [1.165, 1.54) is 52.1 Å². The molecule has 0 bridgehead atoms. The quantitative estimate of drug-likeness (QED) is 0.0319. The summed E-state index contributed by atoms with van der Waals surface area (Å²) in [4.78, 5) is 98.5. The molecule has 0 aliphatic rings. The molecular formula is C37H70N8O18. The summed E-state index contributed by atoms with van der Waals surface area (Å²) in [7, 11) is 11.0. The summed E-state index contributed by atoms with van der Waals surface area (Å²) in [5, 5.41) is 110. The Morgan fingerprint density at radius 1 is 0.444 bits per heavy atom. The van der Waals surface area contributed by atoms with Gasteiger partial charge in [-0.15, -0.1) is 0 Å². The van der Waals surface area contributed by atoms with Crippen LogP contribution in [0.4, 0.5) is 0 Å². The minimum Gasteiger partial charge on any atom is -0.480 e. The second-order valence-corrected chi connectivity index (χ2v) is 15.8. The highest BCUT2D eigenvalue weighted by molar-refractivity contribution is 5.93. The third-order valence-electron chi connectivity index (χ3n) is 10.0. The Morgan fingerprint density at radius 2 is 0.778 bits per heavy atom. The number of aliphatic hydroxyl groups excluding tert-OH is 10. The van der Waals surface area contributed by atoms with Gasteiger partial charge in [0.2, 0.25) is 35.4 Å². The number of amides is 6. The maximum Gasteiger partial charge on any atom is 0.323 e. The summed E-state index contributed by atoms with van der Waals surface area (Å²) >= 11 is 0. The van der Waals surface area contributed by atoms with E-state index in [-0.39, 0.29) is 38.4 Å². The molecular weight excluding hydrogens is 844 g/mol. The molecule has 0 heterocycles. The molecule has 0 rings (SSSR count). The average Bonchev–Trinajstić information content (AvgIpc) is 3.21. The van der Waals surface area contributed by atoms with Crippen LogP contribution in [0, 0.1) is 0 Å². The zero-order valence-electron chi connectivity index (χ0n) is 37.2. The molecule has 0 saturated carbocycles. The van der Waals surface area contributed by atoms with Gasteiger partial charge in [-0.05, 0) is 33.5 Å². The van der Waals surface area contributed by atoms with Crippen molar-refractivity contribution in [1.29, 1.82) is 0 Å².